The molecule has 6 heteroatoms. The number of hydrogen-bond acceptors (Lipinski definition) is 5. The van der Waals surface area contributed by atoms with Crippen LogP contribution < -0.4 is 5.32 Å². The average Bonchev–Trinajstić information content (AvgIpc) is 2.84. The van der Waals surface area contributed by atoms with Crippen molar-refractivity contribution in [3.05, 3.63) is 23.8 Å². The maximum atomic E-state index is 10.9. The number of fused-ring (bicyclic) bond motifs is 1. The SMILES string of the molecule is O=C(O)c1ccc2nc(NCCCCCCO)oc2c1. The molecule has 1 aromatic carbocycles. The molecule has 0 amide bonds. The molecule has 0 bridgehead atoms. The molecule has 0 unspecified atom stereocenters. The number of carbonyl (C=O) groups is 1. The molecule has 2 aromatic rings. The Morgan fingerprint density at radius 1 is 1.25 bits per heavy atom. The molecule has 0 aliphatic heterocycles. The lowest BCUT2D eigenvalue weighted by atomic mass is 10.2. The van der Waals surface area contributed by atoms with Crippen LogP contribution in [0.5, 0.6) is 0 Å². The topological polar surface area (TPSA) is 95.6 Å². The number of aliphatic hydroxyl groups excluding tert-OH is 1. The number of nitrogens with zero attached hydrogens (tertiary/aromatic N) is 1. The van der Waals surface area contributed by atoms with Crippen LogP contribution in [0.4, 0.5) is 6.01 Å². The summed E-state index contributed by atoms with van der Waals surface area (Å²) in [5.41, 5.74) is 1.29. The Morgan fingerprint density at radius 2 is 2.05 bits per heavy atom. The van der Waals surface area contributed by atoms with Crippen LogP contribution in [0.1, 0.15) is 36.0 Å². The Hall–Kier alpha value is -2.08. The first kappa shape index (κ1) is 14.3. The van der Waals surface area contributed by atoms with Crippen molar-refractivity contribution in [2.45, 2.75) is 25.7 Å². The number of carboxylic acid groups (broad SMARTS) is 1. The maximum Gasteiger partial charge on any atom is 0.335 e. The molecule has 20 heavy (non-hydrogen) atoms. The number of carboxylic acids is 1. The summed E-state index contributed by atoms with van der Waals surface area (Å²) in [6.45, 7) is 0.981. The Morgan fingerprint density at radius 3 is 2.80 bits per heavy atom. The van der Waals surface area contributed by atoms with E-state index in [0.717, 1.165) is 32.2 Å². The minimum Gasteiger partial charge on any atom is -0.478 e. The lowest BCUT2D eigenvalue weighted by molar-refractivity contribution is 0.0697. The van der Waals surface area contributed by atoms with E-state index in [-0.39, 0.29) is 12.2 Å². The molecule has 0 saturated heterocycles. The second-order valence-electron chi connectivity index (χ2n) is 4.57. The molecule has 0 radical (unpaired) electrons. The first-order chi connectivity index (χ1) is 9.70. The fourth-order valence-electron chi connectivity index (χ4n) is 1.92. The third kappa shape index (κ3) is 3.71. The zero-order chi connectivity index (χ0) is 14.4. The van der Waals surface area contributed by atoms with Crippen LogP contribution in [0.3, 0.4) is 0 Å². The van der Waals surface area contributed by atoms with Crippen LogP contribution in [0, 0.1) is 0 Å². The normalized spacial score (nSPS) is 10.8. The predicted molar refractivity (Wildman–Crippen MR) is 75.0 cm³/mol. The van der Waals surface area contributed by atoms with Gasteiger partial charge < -0.3 is 19.9 Å². The third-order valence-corrected chi connectivity index (χ3v) is 3.00. The van der Waals surface area contributed by atoms with Gasteiger partial charge in [-0.3, -0.25) is 0 Å². The van der Waals surface area contributed by atoms with E-state index in [1.54, 1.807) is 6.07 Å². The van der Waals surface area contributed by atoms with Gasteiger partial charge in [0.1, 0.15) is 5.52 Å². The van der Waals surface area contributed by atoms with Crippen molar-refractivity contribution in [2.24, 2.45) is 0 Å². The van der Waals surface area contributed by atoms with Gasteiger partial charge in [0, 0.05) is 13.2 Å². The molecule has 3 N–H and O–H groups in total. The Kier molecular flexibility index (Phi) is 4.95. The first-order valence-electron chi connectivity index (χ1n) is 6.69. The highest BCUT2D eigenvalue weighted by molar-refractivity contribution is 5.92. The van der Waals surface area contributed by atoms with Crippen LogP contribution in [-0.2, 0) is 0 Å². The van der Waals surface area contributed by atoms with Crippen LogP contribution >= 0.6 is 0 Å². The van der Waals surface area contributed by atoms with Gasteiger partial charge in [-0.2, -0.15) is 4.98 Å². The number of aliphatic hydroxyl groups is 1. The number of nitrogens with one attached hydrogen (secondary N) is 1. The number of aromatic carboxylic acids is 1. The molecule has 108 valence electrons. The third-order valence-electron chi connectivity index (χ3n) is 3.00. The zero-order valence-corrected chi connectivity index (χ0v) is 11.1. The Labute approximate surface area is 116 Å². The number of anilines is 1. The largest absolute Gasteiger partial charge is 0.478 e. The Balaban J connectivity index is 1.89. The van der Waals surface area contributed by atoms with E-state index in [2.05, 4.69) is 10.3 Å². The summed E-state index contributed by atoms with van der Waals surface area (Å²) in [6.07, 6.45) is 3.85. The molecular formula is C14H18N2O4. The molecule has 1 aromatic heterocycles. The molecule has 0 spiro atoms. The van der Waals surface area contributed by atoms with Crippen LogP contribution in [0.15, 0.2) is 22.6 Å². The minimum atomic E-state index is -0.985. The molecule has 0 fully saturated rings. The highest BCUT2D eigenvalue weighted by Crippen LogP contribution is 2.20. The van der Waals surface area contributed by atoms with E-state index in [0.29, 0.717) is 17.1 Å². The van der Waals surface area contributed by atoms with Crippen molar-refractivity contribution in [2.75, 3.05) is 18.5 Å². The summed E-state index contributed by atoms with van der Waals surface area (Å²) in [5, 5.41) is 20.6. The summed E-state index contributed by atoms with van der Waals surface area (Å²) in [6, 6.07) is 5.02. The molecule has 0 atom stereocenters. The number of hydrogen-bond donors (Lipinski definition) is 3. The Bertz CT molecular complexity index is 580. The number of unbranched alkanes of at least 4 members (excludes halogenated alkanes) is 3. The fraction of sp³-hybridized carbons (Fsp3) is 0.429. The molecule has 0 aliphatic carbocycles. The molecule has 2 rings (SSSR count). The quantitative estimate of drug-likeness (QED) is 0.642. The van der Waals surface area contributed by atoms with Crippen LogP contribution in [0.2, 0.25) is 0 Å². The van der Waals surface area contributed by atoms with Crippen molar-refractivity contribution >= 4 is 23.1 Å². The minimum absolute atomic E-state index is 0.184. The summed E-state index contributed by atoms with van der Waals surface area (Å²) in [5.74, 6) is -0.985. The van der Waals surface area contributed by atoms with Crippen molar-refractivity contribution in [1.82, 2.24) is 4.98 Å². The highest BCUT2D eigenvalue weighted by atomic mass is 16.4. The van der Waals surface area contributed by atoms with Gasteiger partial charge in [0.15, 0.2) is 5.58 Å². The lowest BCUT2D eigenvalue weighted by Crippen LogP contribution is -2.01. The summed E-state index contributed by atoms with van der Waals surface area (Å²) in [7, 11) is 0. The van der Waals surface area contributed by atoms with Gasteiger partial charge in [-0.1, -0.05) is 12.8 Å². The number of aromatic nitrogens is 1. The van der Waals surface area contributed by atoms with Crippen LogP contribution in [0.25, 0.3) is 11.1 Å². The van der Waals surface area contributed by atoms with Crippen LogP contribution in [-0.4, -0.2) is 34.3 Å². The van der Waals surface area contributed by atoms with Gasteiger partial charge >= 0.3 is 5.97 Å². The van der Waals surface area contributed by atoms with E-state index in [1.165, 1.54) is 12.1 Å². The summed E-state index contributed by atoms with van der Waals surface area (Å²) >= 11 is 0. The fourth-order valence-corrected chi connectivity index (χ4v) is 1.92. The summed E-state index contributed by atoms with van der Waals surface area (Å²) < 4.78 is 5.46. The van der Waals surface area contributed by atoms with Gasteiger partial charge in [0.05, 0.1) is 5.56 Å². The second-order valence-corrected chi connectivity index (χ2v) is 4.57. The van der Waals surface area contributed by atoms with E-state index in [4.69, 9.17) is 14.6 Å². The van der Waals surface area contributed by atoms with E-state index < -0.39 is 5.97 Å². The molecule has 1 heterocycles. The number of benzene rings is 1. The highest BCUT2D eigenvalue weighted by Gasteiger charge is 2.09. The molecule has 0 aliphatic rings. The standard InChI is InChI=1S/C14H18N2O4/c17-8-4-2-1-3-7-15-14-16-11-6-5-10(13(18)19)9-12(11)20-14/h5-6,9,17H,1-4,7-8H2,(H,15,16)(H,18,19). The second kappa shape index (κ2) is 6.91. The monoisotopic (exact) mass is 278 g/mol. The maximum absolute atomic E-state index is 10.9. The first-order valence-corrected chi connectivity index (χ1v) is 6.69. The van der Waals surface area contributed by atoms with Gasteiger partial charge in [-0.25, -0.2) is 4.79 Å². The van der Waals surface area contributed by atoms with Gasteiger partial charge in [0.25, 0.3) is 6.01 Å². The number of rotatable bonds is 8. The molecule has 0 saturated carbocycles. The van der Waals surface area contributed by atoms with Crippen molar-refractivity contribution in [1.29, 1.82) is 0 Å². The smallest absolute Gasteiger partial charge is 0.335 e. The van der Waals surface area contributed by atoms with Gasteiger partial charge in [-0.05, 0) is 31.0 Å². The van der Waals surface area contributed by atoms with Crippen molar-refractivity contribution < 1.29 is 19.4 Å². The van der Waals surface area contributed by atoms with E-state index >= 15 is 0 Å². The lowest BCUT2D eigenvalue weighted by Gasteiger charge is -2.00. The van der Waals surface area contributed by atoms with Crippen molar-refractivity contribution in [3.63, 3.8) is 0 Å². The molecular weight excluding hydrogens is 260 g/mol. The number of oxazole rings is 1. The molecule has 6 nitrogen and oxygen atoms in total. The average molecular weight is 278 g/mol. The predicted octanol–water partition coefficient (Wildman–Crippen LogP) is 2.49. The summed E-state index contributed by atoms with van der Waals surface area (Å²) in [4.78, 5) is 15.1. The van der Waals surface area contributed by atoms with E-state index in [1.807, 2.05) is 0 Å². The van der Waals surface area contributed by atoms with Gasteiger partial charge in [0.2, 0.25) is 0 Å². The van der Waals surface area contributed by atoms with Crippen molar-refractivity contribution in [3.8, 4) is 0 Å². The van der Waals surface area contributed by atoms with Gasteiger partial charge in [-0.15, -0.1) is 0 Å². The van der Waals surface area contributed by atoms with E-state index in [9.17, 15) is 4.79 Å². The zero-order valence-electron chi connectivity index (χ0n) is 11.1.